The van der Waals surface area contributed by atoms with Crippen LogP contribution in [-0.4, -0.2) is 10.9 Å². The van der Waals surface area contributed by atoms with Gasteiger partial charge in [0.2, 0.25) is 5.91 Å². The van der Waals surface area contributed by atoms with Gasteiger partial charge in [-0.3, -0.25) is 4.79 Å². The molecule has 0 bridgehead atoms. The number of fused-ring (bicyclic) bond motifs is 1. The van der Waals surface area contributed by atoms with E-state index in [2.05, 4.69) is 15.6 Å². The molecule has 0 aliphatic heterocycles. The maximum atomic E-state index is 12.8. The van der Waals surface area contributed by atoms with Gasteiger partial charge in [0.15, 0.2) is 5.13 Å². The van der Waals surface area contributed by atoms with Crippen LogP contribution < -0.4 is 10.6 Å². The molecule has 4 nitrogen and oxygen atoms in total. The van der Waals surface area contributed by atoms with Crippen molar-refractivity contribution in [2.24, 2.45) is 0 Å². The average Bonchev–Trinajstić information content (AvgIpc) is 3.14. The van der Waals surface area contributed by atoms with Crippen LogP contribution in [0.3, 0.4) is 0 Å². The van der Waals surface area contributed by atoms with Gasteiger partial charge in [0.05, 0.1) is 17.7 Å². The molecule has 0 saturated carbocycles. The molecule has 8 heteroatoms. The summed E-state index contributed by atoms with van der Waals surface area (Å²) in [6.45, 7) is 0. The van der Waals surface area contributed by atoms with Crippen LogP contribution in [0.15, 0.2) is 72.1 Å². The average molecular weight is 427 g/mol. The number of aromatic nitrogens is 1. The van der Waals surface area contributed by atoms with Crippen LogP contribution in [0.2, 0.25) is 0 Å². The van der Waals surface area contributed by atoms with Gasteiger partial charge in [0, 0.05) is 22.1 Å². The molecule has 0 spiro atoms. The van der Waals surface area contributed by atoms with E-state index < -0.39 is 11.7 Å². The van der Waals surface area contributed by atoms with Gasteiger partial charge in [-0.05, 0) is 29.7 Å². The first kappa shape index (κ1) is 19.9. The molecule has 152 valence electrons. The van der Waals surface area contributed by atoms with Crippen LogP contribution in [0.5, 0.6) is 0 Å². The molecular formula is C22H16F3N3OS. The van der Waals surface area contributed by atoms with E-state index in [1.807, 2.05) is 42.5 Å². The molecule has 4 rings (SSSR count). The Bertz CT molecular complexity index is 1200. The Morgan fingerprint density at radius 2 is 1.77 bits per heavy atom. The normalized spacial score (nSPS) is 11.4. The molecule has 1 heterocycles. The smallest absolute Gasteiger partial charge is 0.332 e. The molecule has 0 atom stereocenters. The van der Waals surface area contributed by atoms with E-state index >= 15 is 0 Å². The molecule has 0 fully saturated rings. The fourth-order valence-corrected chi connectivity index (χ4v) is 3.77. The number of thiazole rings is 1. The highest BCUT2D eigenvalue weighted by Gasteiger charge is 2.30. The molecule has 1 aromatic heterocycles. The summed E-state index contributed by atoms with van der Waals surface area (Å²) in [6.07, 6.45) is -4.35. The van der Waals surface area contributed by atoms with Crippen LogP contribution in [-0.2, 0) is 17.4 Å². The zero-order chi connectivity index (χ0) is 21.1. The second kappa shape index (κ2) is 8.16. The minimum Gasteiger partial charge on any atom is -0.332 e. The number of nitrogens with zero attached hydrogens (tertiary/aromatic N) is 1. The molecule has 0 unspecified atom stereocenters. The molecule has 30 heavy (non-hydrogen) atoms. The third kappa shape index (κ3) is 4.60. The van der Waals surface area contributed by atoms with Crippen molar-refractivity contribution < 1.29 is 18.0 Å². The zero-order valence-electron chi connectivity index (χ0n) is 15.5. The molecule has 0 aliphatic rings. The second-order valence-corrected chi connectivity index (χ2v) is 7.46. The summed E-state index contributed by atoms with van der Waals surface area (Å²) in [5.41, 5.74) is 0.799. The Kier molecular flexibility index (Phi) is 5.41. The Hall–Kier alpha value is -3.39. The first-order chi connectivity index (χ1) is 14.4. The number of rotatable bonds is 5. The minimum absolute atomic E-state index is 0.0595. The van der Waals surface area contributed by atoms with Crippen LogP contribution in [0, 0.1) is 0 Å². The standard InChI is InChI=1S/C22H16F3N3OS/c23-22(24,25)15-7-4-8-16(11-15)26-21-27-17(13-30-21)12-20(29)28-19-10-3-6-14-5-1-2-9-18(14)19/h1-11,13H,12H2,(H,26,27)(H,28,29). The number of amides is 1. The number of carbonyl (C=O) groups excluding carboxylic acids is 1. The lowest BCUT2D eigenvalue weighted by molar-refractivity contribution is -0.137. The van der Waals surface area contributed by atoms with Crippen LogP contribution in [0.4, 0.5) is 29.7 Å². The van der Waals surface area contributed by atoms with Crippen molar-refractivity contribution in [2.45, 2.75) is 12.6 Å². The first-order valence-corrected chi connectivity index (χ1v) is 9.93. The van der Waals surface area contributed by atoms with Gasteiger partial charge >= 0.3 is 6.18 Å². The predicted octanol–water partition coefficient (Wildman–Crippen LogP) is 6.24. The Labute approximate surface area is 174 Å². The van der Waals surface area contributed by atoms with Crippen LogP contribution in [0.25, 0.3) is 10.8 Å². The summed E-state index contributed by atoms with van der Waals surface area (Å²) in [5, 5.41) is 9.85. The Morgan fingerprint density at radius 1 is 1.00 bits per heavy atom. The quantitative estimate of drug-likeness (QED) is 0.396. The number of anilines is 3. The summed E-state index contributed by atoms with van der Waals surface area (Å²) in [6, 6.07) is 18.3. The van der Waals surface area contributed by atoms with E-state index in [-0.39, 0.29) is 18.0 Å². The lowest BCUT2D eigenvalue weighted by Gasteiger charge is -2.09. The third-order valence-corrected chi connectivity index (χ3v) is 5.20. The number of carbonyl (C=O) groups is 1. The van der Waals surface area contributed by atoms with Crippen LogP contribution >= 0.6 is 11.3 Å². The lowest BCUT2D eigenvalue weighted by Crippen LogP contribution is -2.14. The van der Waals surface area contributed by atoms with E-state index in [4.69, 9.17) is 0 Å². The number of benzene rings is 3. The molecule has 4 aromatic rings. The highest BCUT2D eigenvalue weighted by atomic mass is 32.1. The topological polar surface area (TPSA) is 54.0 Å². The molecule has 3 aromatic carbocycles. The van der Waals surface area contributed by atoms with Crippen molar-refractivity contribution in [3.05, 3.63) is 83.4 Å². The number of nitrogens with one attached hydrogen (secondary N) is 2. The SMILES string of the molecule is O=C(Cc1csc(Nc2cccc(C(F)(F)F)c2)n1)Nc1cccc2ccccc12. The molecule has 0 radical (unpaired) electrons. The fraction of sp³-hybridized carbons (Fsp3) is 0.0909. The number of hydrogen-bond acceptors (Lipinski definition) is 4. The van der Waals surface area contributed by atoms with E-state index in [0.717, 1.165) is 28.6 Å². The van der Waals surface area contributed by atoms with Gasteiger partial charge in [-0.2, -0.15) is 13.2 Å². The van der Waals surface area contributed by atoms with Crippen molar-refractivity contribution in [2.75, 3.05) is 10.6 Å². The number of hydrogen-bond donors (Lipinski definition) is 2. The molecule has 0 aliphatic carbocycles. The van der Waals surface area contributed by atoms with Gasteiger partial charge in [-0.25, -0.2) is 4.98 Å². The van der Waals surface area contributed by atoms with Crippen LogP contribution in [0.1, 0.15) is 11.3 Å². The Morgan fingerprint density at radius 3 is 2.60 bits per heavy atom. The largest absolute Gasteiger partial charge is 0.416 e. The zero-order valence-corrected chi connectivity index (χ0v) is 16.3. The third-order valence-electron chi connectivity index (χ3n) is 4.40. The highest BCUT2D eigenvalue weighted by Crippen LogP contribution is 2.32. The molecular weight excluding hydrogens is 411 g/mol. The maximum absolute atomic E-state index is 12.8. The van der Waals surface area contributed by atoms with E-state index in [0.29, 0.717) is 10.8 Å². The van der Waals surface area contributed by atoms with Gasteiger partial charge < -0.3 is 10.6 Å². The summed E-state index contributed by atoms with van der Waals surface area (Å²) in [4.78, 5) is 16.8. The Balaban J connectivity index is 1.43. The van der Waals surface area contributed by atoms with Gasteiger partial charge in [0.1, 0.15) is 0 Å². The minimum atomic E-state index is -4.41. The number of halogens is 3. The van der Waals surface area contributed by atoms with Crippen molar-refractivity contribution in [1.29, 1.82) is 0 Å². The fourth-order valence-electron chi connectivity index (χ4n) is 3.04. The summed E-state index contributed by atoms with van der Waals surface area (Å²) >= 11 is 1.23. The van der Waals surface area contributed by atoms with E-state index in [1.54, 1.807) is 5.38 Å². The first-order valence-electron chi connectivity index (χ1n) is 9.05. The molecule has 0 saturated heterocycles. The monoisotopic (exact) mass is 427 g/mol. The van der Waals surface area contributed by atoms with Crippen molar-refractivity contribution in [3.8, 4) is 0 Å². The van der Waals surface area contributed by atoms with Gasteiger partial charge in [0.25, 0.3) is 0 Å². The number of alkyl halides is 3. The second-order valence-electron chi connectivity index (χ2n) is 6.60. The van der Waals surface area contributed by atoms with E-state index in [9.17, 15) is 18.0 Å². The van der Waals surface area contributed by atoms with Crippen molar-refractivity contribution in [1.82, 2.24) is 4.98 Å². The molecule has 1 amide bonds. The van der Waals surface area contributed by atoms with Gasteiger partial charge in [-0.15, -0.1) is 11.3 Å². The van der Waals surface area contributed by atoms with Crippen molar-refractivity contribution >= 4 is 44.5 Å². The molecule has 2 N–H and O–H groups in total. The summed E-state index contributed by atoms with van der Waals surface area (Å²) in [7, 11) is 0. The predicted molar refractivity (Wildman–Crippen MR) is 113 cm³/mol. The highest BCUT2D eigenvalue weighted by molar-refractivity contribution is 7.13. The lowest BCUT2D eigenvalue weighted by atomic mass is 10.1. The van der Waals surface area contributed by atoms with Gasteiger partial charge in [-0.1, -0.05) is 42.5 Å². The van der Waals surface area contributed by atoms with E-state index in [1.165, 1.54) is 23.5 Å². The maximum Gasteiger partial charge on any atom is 0.416 e. The summed E-state index contributed by atoms with van der Waals surface area (Å²) in [5.74, 6) is -0.220. The van der Waals surface area contributed by atoms with Crippen molar-refractivity contribution in [3.63, 3.8) is 0 Å². The summed E-state index contributed by atoms with van der Waals surface area (Å²) < 4.78 is 38.5.